The molecule has 1 fully saturated rings. The average Bonchev–Trinajstić information content (AvgIpc) is 2.51. The van der Waals surface area contributed by atoms with Gasteiger partial charge in [-0.1, -0.05) is 0 Å². The normalized spacial score (nSPS) is 24.9. The number of nitrogens with one attached hydrogen (secondary N) is 1. The molecule has 0 amide bonds. The fourth-order valence-electron chi connectivity index (χ4n) is 1.78. The third-order valence-corrected chi connectivity index (χ3v) is 2.73. The van der Waals surface area contributed by atoms with Gasteiger partial charge in [-0.2, -0.15) is 0 Å². The molecule has 2 N–H and O–H groups in total. The first-order valence-corrected chi connectivity index (χ1v) is 5.43. The number of carbonyl (C=O) groups excluding carboxylic acids is 1. The van der Waals surface area contributed by atoms with Gasteiger partial charge in [0.1, 0.15) is 5.75 Å². The van der Waals surface area contributed by atoms with Gasteiger partial charge in [-0.15, -0.1) is 0 Å². The van der Waals surface area contributed by atoms with Crippen molar-refractivity contribution in [1.82, 2.24) is 5.32 Å². The van der Waals surface area contributed by atoms with Gasteiger partial charge in [0.05, 0.1) is 13.7 Å². The number of carbonyl (C=O) groups is 1. The van der Waals surface area contributed by atoms with Crippen molar-refractivity contribution in [2.75, 3.05) is 20.2 Å². The van der Waals surface area contributed by atoms with Crippen LogP contribution in [0.3, 0.4) is 0 Å². The molecule has 0 bridgehead atoms. The highest BCUT2D eigenvalue weighted by atomic mass is 16.7. The number of rotatable bonds is 2. The van der Waals surface area contributed by atoms with Crippen LogP contribution in [-0.4, -0.2) is 31.3 Å². The molecule has 0 aromatic heterocycles. The Bertz CT molecular complexity index is 403. The Kier molecular flexibility index (Phi) is 3.31. The Balaban J connectivity index is 2.25. The number of benzene rings is 1. The summed E-state index contributed by atoms with van der Waals surface area (Å²) in [5.74, 6) is -1.32. The van der Waals surface area contributed by atoms with Crippen LogP contribution in [0.5, 0.6) is 5.75 Å². The van der Waals surface area contributed by atoms with E-state index in [1.165, 1.54) is 0 Å². The van der Waals surface area contributed by atoms with Crippen molar-refractivity contribution in [3.63, 3.8) is 0 Å². The predicted molar refractivity (Wildman–Crippen MR) is 60.5 cm³/mol. The minimum Gasteiger partial charge on any atom is -0.497 e. The van der Waals surface area contributed by atoms with Gasteiger partial charge in [0, 0.05) is 18.5 Å². The maximum atomic E-state index is 11.3. The van der Waals surface area contributed by atoms with Crippen LogP contribution in [-0.2, 0) is 15.3 Å². The highest BCUT2D eigenvalue weighted by Crippen LogP contribution is 2.29. The average molecular weight is 237 g/mol. The zero-order valence-electron chi connectivity index (χ0n) is 9.60. The predicted octanol–water partition coefficient (Wildman–Crippen LogP) is 0.377. The summed E-state index contributed by atoms with van der Waals surface area (Å²) >= 11 is 0. The maximum Gasteiger partial charge on any atom is 0.322 e. The van der Waals surface area contributed by atoms with Crippen LogP contribution in [0.15, 0.2) is 24.3 Å². The van der Waals surface area contributed by atoms with E-state index in [1.54, 1.807) is 31.4 Å². The van der Waals surface area contributed by atoms with E-state index in [0.29, 0.717) is 24.3 Å². The minimum absolute atomic E-state index is 0.123. The monoisotopic (exact) mass is 237 g/mol. The molecule has 0 saturated carbocycles. The van der Waals surface area contributed by atoms with E-state index in [9.17, 15) is 9.90 Å². The molecule has 92 valence electrons. The lowest BCUT2D eigenvalue weighted by molar-refractivity contribution is -0.212. The van der Waals surface area contributed by atoms with Gasteiger partial charge in [-0.05, 0) is 24.3 Å². The molecule has 17 heavy (non-hydrogen) atoms. The Morgan fingerprint density at radius 3 is 2.76 bits per heavy atom. The molecule has 1 saturated heterocycles. The van der Waals surface area contributed by atoms with E-state index in [0.717, 1.165) is 0 Å². The van der Waals surface area contributed by atoms with Crippen LogP contribution in [0.4, 0.5) is 0 Å². The second-order valence-electron chi connectivity index (χ2n) is 3.91. The summed E-state index contributed by atoms with van der Waals surface area (Å²) in [4.78, 5) is 11.3. The van der Waals surface area contributed by atoms with Gasteiger partial charge >= 0.3 is 5.97 Å². The molecule has 1 aliphatic rings. The highest BCUT2D eigenvalue weighted by molar-refractivity contribution is 5.72. The zero-order chi connectivity index (χ0) is 12.3. The van der Waals surface area contributed by atoms with Crippen LogP contribution < -0.4 is 10.1 Å². The molecule has 5 heteroatoms. The van der Waals surface area contributed by atoms with Crippen molar-refractivity contribution >= 4 is 5.97 Å². The summed E-state index contributed by atoms with van der Waals surface area (Å²) in [6.07, 6.45) is 0.324. The van der Waals surface area contributed by atoms with E-state index in [4.69, 9.17) is 9.47 Å². The first kappa shape index (κ1) is 11.9. The second kappa shape index (κ2) is 4.73. The topological polar surface area (TPSA) is 67.8 Å². The first-order chi connectivity index (χ1) is 8.14. The molecular weight excluding hydrogens is 222 g/mol. The molecule has 0 aliphatic carbocycles. The van der Waals surface area contributed by atoms with Crippen LogP contribution in [0, 0.1) is 0 Å². The quantitative estimate of drug-likeness (QED) is 0.728. The van der Waals surface area contributed by atoms with Crippen LogP contribution in [0.2, 0.25) is 0 Å². The molecule has 5 nitrogen and oxygen atoms in total. The van der Waals surface area contributed by atoms with E-state index in [-0.39, 0.29) is 6.54 Å². The van der Waals surface area contributed by atoms with Gasteiger partial charge in [0.15, 0.2) is 0 Å². The Morgan fingerprint density at radius 2 is 2.12 bits per heavy atom. The van der Waals surface area contributed by atoms with E-state index in [2.05, 4.69) is 5.32 Å². The summed E-state index contributed by atoms with van der Waals surface area (Å²) in [6.45, 7) is 0.646. The Morgan fingerprint density at radius 1 is 1.41 bits per heavy atom. The maximum absolute atomic E-state index is 11.3. The van der Waals surface area contributed by atoms with Crippen molar-refractivity contribution in [3.8, 4) is 5.75 Å². The largest absolute Gasteiger partial charge is 0.497 e. The number of esters is 1. The SMILES string of the molecule is COc1ccc(C2(O)CCNCC(=O)O2)cc1. The lowest BCUT2D eigenvalue weighted by atomic mass is 10.0. The zero-order valence-corrected chi connectivity index (χ0v) is 9.60. The molecular formula is C12H15NO4. The van der Waals surface area contributed by atoms with E-state index >= 15 is 0 Å². The summed E-state index contributed by atoms with van der Waals surface area (Å²) in [7, 11) is 1.57. The molecule has 0 radical (unpaired) electrons. The molecule has 1 atom stereocenters. The van der Waals surface area contributed by atoms with Crippen LogP contribution >= 0.6 is 0 Å². The van der Waals surface area contributed by atoms with Gasteiger partial charge in [-0.3, -0.25) is 4.79 Å². The molecule has 1 aromatic rings. The molecule has 1 aromatic carbocycles. The molecule has 0 spiro atoms. The van der Waals surface area contributed by atoms with Crippen molar-refractivity contribution in [2.24, 2.45) is 0 Å². The number of aliphatic hydroxyl groups is 1. The van der Waals surface area contributed by atoms with E-state index < -0.39 is 11.8 Å². The van der Waals surface area contributed by atoms with E-state index in [1.807, 2.05) is 0 Å². The number of ether oxygens (including phenoxy) is 2. The fourth-order valence-corrected chi connectivity index (χ4v) is 1.78. The smallest absolute Gasteiger partial charge is 0.322 e. The lowest BCUT2D eigenvalue weighted by Crippen LogP contribution is -2.31. The van der Waals surface area contributed by atoms with Crippen LogP contribution in [0.1, 0.15) is 12.0 Å². The minimum atomic E-state index is -1.55. The summed E-state index contributed by atoms with van der Waals surface area (Å²) < 4.78 is 10.1. The number of cyclic esters (lactones) is 1. The van der Waals surface area contributed by atoms with Crippen molar-refractivity contribution in [1.29, 1.82) is 0 Å². The van der Waals surface area contributed by atoms with Crippen molar-refractivity contribution < 1.29 is 19.4 Å². The standard InChI is InChI=1S/C12H15NO4/c1-16-10-4-2-9(3-5-10)12(15)6-7-13-8-11(14)17-12/h2-5,13,15H,6-8H2,1H3. The van der Waals surface area contributed by atoms with Crippen LogP contribution in [0.25, 0.3) is 0 Å². The summed E-state index contributed by atoms with van der Waals surface area (Å²) in [5, 5.41) is 13.2. The van der Waals surface area contributed by atoms with Gasteiger partial charge < -0.3 is 19.9 Å². The number of hydrogen-bond donors (Lipinski definition) is 2. The molecule has 1 unspecified atom stereocenters. The van der Waals surface area contributed by atoms with Gasteiger partial charge in [0.2, 0.25) is 5.79 Å². The fraction of sp³-hybridized carbons (Fsp3) is 0.417. The van der Waals surface area contributed by atoms with Crippen molar-refractivity contribution in [3.05, 3.63) is 29.8 Å². The highest BCUT2D eigenvalue weighted by Gasteiger charge is 2.35. The molecule has 1 heterocycles. The second-order valence-corrected chi connectivity index (χ2v) is 3.91. The third-order valence-electron chi connectivity index (χ3n) is 2.73. The molecule has 1 aliphatic heterocycles. The van der Waals surface area contributed by atoms with Gasteiger partial charge in [0.25, 0.3) is 0 Å². The number of hydrogen-bond acceptors (Lipinski definition) is 5. The Hall–Kier alpha value is -1.59. The third kappa shape index (κ3) is 2.57. The lowest BCUT2D eigenvalue weighted by Gasteiger charge is -2.26. The summed E-state index contributed by atoms with van der Waals surface area (Å²) in [5.41, 5.74) is 0.551. The number of methoxy groups -OCH3 is 1. The summed E-state index contributed by atoms with van der Waals surface area (Å²) in [6, 6.07) is 6.83. The Labute approximate surface area is 99.3 Å². The van der Waals surface area contributed by atoms with Crippen molar-refractivity contribution in [2.45, 2.75) is 12.2 Å². The molecule has 2 rings (SSSR count). The van der Waals surface area contributed by atoms with Gasteiger partial charge in [-0.25, -0.2) is 0 Å². The first-order valence-electron chi connectivity index (χ1n) is 5.43.